The lowest BCUT2D eigenvalue weighted by molar-refractivity contribution is -0.385. The summed E-state index contributed by atoms with van der Waals surface area (Å²) in [6.45, 7) is 0.579. The largest absolute Gasteiger partial charge is 0.490 e. The molecule has 0 aliphatic carbocycles. The van der Waals surface area contributed by atoms with Gasteiger partial charge in [0.1, 0.15) is 0 Å². The number of nitro groups is 1. The van der Waals surface area contributed by atoms with Crippen LogP contribution in [0.3, 0.4) is 0 Å². The molecule has 0 aromatic heterocycles. The highest BCUT2D eigenvalue weighted by Crippen LogP contribution is 2.27. The number of hydrogen-bond acceptors (Lipinski definition) is 5. The molecule has 1 rings (SSSR count). The van der Waals surface area contributed by atoms with Crippen molar-refractivity contribution in [1.82, 2.24) is 5.32 Å². The van der Waals surface area contributed by atoms with Crippen molar-refractivity contribution in [2.24, 2.45) is 0 Å². The Kier molecular flexibility index (Phi) is 5.54. The first kappa shape index (κ1) is 14.4. The van der Waals surface area contributed by atoms with Crippen LogP contribution in [0.4, 0.5) is 5.69 Å². The van der Waals surface area contributed by atoms with E-state index in [1.807, 2.05) is 7.05 Å². The molecular weight excluding hydrogens is 236 g/mol. The number of nitrogens with one attached hydrogen (secondary N) is 1. The van der Waals surface area contributed by atoms with Gasteiger partial charge in [-0.3, -0.25) is 10.1 Å². The first-order valence-corrected chi connectivity index (χ1v) is 5.59. The molecule has 1 atom stereocenters. The van der Waals surface area contributed by atoms with E-state index in [1.165, 1.54) is 13.2 Å². The summed E-state index contributed by atoms with van der Waals surface area (Å²) < 4.78 is 10.1. The van der Waals surface area contributed by atoms with Gasteiger partial charge in [0.2, 0.25) is 0 Å². The fourth-order valence-corrected chi connectivity index (χ4v) is 1.73. The second kappa shape index (κ2) is 6.93. The summed E-state index contributed by atoms with van der Waals surface area (Å²) in [6.07, 6.45) is 0.721. The highest BCUT2D eigenvalue weighted by molar-refractivity contribution is 5.48. The van der Waals surface area contributed by atoms with Crippen molar-refractivity contribution in [2.45, 2.75) is 12.5 Å². The molecular formula is C12H18N2O4. The third kappa shape index (κ3) is 3.68. The van der Waals surface area contributed by atoms with Crippen LogP contribution < -0.4 is 10.1 Å². The molecule has 6 nitrogen and oxygen atoms in total. The van der Waals surface area contributed by atoms with Crippen LogP contribution in [-0.2, 0) is 11.2 Å². The highest BCUT2D eigenvalue weighted by Gasteiger charge is 2.16. The minimum atomic E-state index is -0.451. The minimum absolute atomic E-state index is 0.0194. The van der Waals surface area contributed by atoms with E-state index in [-0.39, 0.29) is 17.5 Å². The van der Waals surface area contributed by atoms with Crippen molar-refractivity contribution < 1.29 is 14.4 Å². The smallest absolute Gasteiger partial charge is 0.310 e. The summed E-state index contributed by atoms with van der Waals surface area (Å²) in [5.74, 6) is 0.282. The lowest BCUT2D eigenvalue weighted by atomic mass is 10.1. The SMILES string of the molecule is CNC(COC)Cc1ccc([N+](=O)[O-])c(OC)c1. The van der Waals surface area contributed by atoms with Gasteiger partial charge in [-0.15, -0.1) is 0 Å². The van der Waals surface area contributed by atoms with E-state index < -0.39 is 4.92 Å². The van der Waals surface area contributed by atoms with Crippen LogP contribution in [0, 0.1) is 10.1 Å². The molecule has 1 aromatic rings. The summed E-state index contributed by atoms with van der Waals surface area (Å²) in [5, 5.41) is 13.9. The minimum Gasteiger partial charge on any atom is -0.490 e. The Hall–Kier alpha value is -1.66. The number of rotatable bonds is 7. The van der Waals surface area contributed by atoms with Crippen LogP contribution in [0.5, 0.6) is 5.75 Å². The number of methoxy groups -OCH3 is 2. The van der Waals surface area contributed by atoms with Gasteiger partial charge in [0.25, 0.3) is 0 Å². The second-order valence-electron chi connectivity index (χ2n) is 3.91. The van der Waals surface area contributed by atoms with Crippen LogP contribution in [0.2, 0.25) is 0 Å². The van der Waals surface area contributed by atoms with E-state index in [0.29, 0.717) is 6.61 Å². The third-order valence-electron chi connectivity index (χ3n) is 2.70. The fourth-order valence-electron chi connectivity index (χ4n) is 1.73. The average molecular weight is 254 g/mol. The summed E-state index contributed by atoms with van der Waals surface area (Å²) in [5.41, 5.74) is 0.947. The van der Waals surface area contributed by atoms with Crippen molar-refractivity contribution in [2.75, 3.05) is 27.9 Å². The van der Waals surface area contributed by atoms with Crippen LogP contribution in [0.25, 0.3) is 0 Å². The van der Waals surface area contributed by atoms with Gasteiger partial charge in [0.05, 0.1) is 18.6 Å². The van der Waals surface area contributed by atoms with E-state index in [2.05, 4.69) is 5.32 Å². The maximum absolute atomic E-state index is 10.8. The molecule has 0 saturated carbocycles. The van der Waals surface area contributed by atoms with Crippen molar-refractivity contribution in [1.29, 1.82) is 0 Å². The molecule has 0 saturated heterocycles. The molecule has 0 heterocycles. The molecule has 0 fully saturated rings. The number of ether oxygens (including phenoxy) is 2. The molecule has 0 amide bonds. The molecule has 0 radical (unpaired) electrons. The standard InChI is InChI=1S/C12H18N2O4/c1-13-10(8-17-2)6-9-4-5-11(14(15)16)12(7-9)18-3/h4-5,7,10,13H,6,8H2,1-3H3. The number of likely N-dealkylation sites (N-methyl/N-ethyl adjacent to an activating group) is 1. The quantitative estimate of drug-likeness (QED) is 0.587. The van der Waals surface area contributed by atoms with Crippen LogP contribution >= 0.6 is 0 Å². The lowest BCUT2D eigenvalue weighted by Crippen LogP contribution is -2.32. The average Bonchev–Trinajstić information content (AvgIpc) is 2.37. The molecule has 0 spiro atoms. The van der Waals surface area contributed by atoms with Gasteiger partial charge in [0.15, 0.2) is 5.75 Å². The summed E-state index contributed by atoms with van der Waals surface area (Å²) in [4.78, 5) is 10.3. The Bertz CT molecular complexity index is 409. The zero-order valence-electron chi connectivity index (χ0n) is 10.8. The molecule has 0 aliphatic rings. The Morgan fingerprint density at radius 1 is 1.44 bits per heavy atom. The molecule has 1 unspecified atom stereocenters. The van der Waals surface area contributed by atoms with E-state index in [0.717, 1.165) is 12.0 Å². The first-order valence-electron chi connectivity index (χ1n) is 5.59. The monoisotopic (exact) mass is 254 g/mol. The Balaban J connectivity index is 2.88. The Labute approximate surface area is 106 Å². The van der Waals surface area contributed by atoms with E-state index >= 15 is 0 Å². The van der Waals surface area contributed by atoms with Crippen molar-refractivity contribution >= 4 is 5.69 Å². The number of nitro benzene ring substituents is 1. The van der Waals surface area contributed by atoms with Crippen LogP contribution in [0.15, 0.2) is 18.2 Å². The van der Waals surface area contributed by atoms with E-state index in [9.17, 15) is 10.1 Å². The van der Waals surface area contributed by atoms with Crippen molar-refractivity contribution in [3.8, 4) is 5.75 Å². The van der Waals surface area contributed by atoms with Gasteiger partial charge < -0.3 is 14.8 Å². The molecule has 0 bridgehead atoms. The topological polar surface area (TPSA) is 73.6 Å². The Morgan fingerprint density at radius 3 is 2.67 bits per heavy atom. The van der Waals surface area contributed by atoms with Crippen LogP contribution in [0.1, 0.15) is 5.56 Å². The summed E-state index contributed by atoms with van der Waals surface area (Å²) in [7, 11) is 4.92. The van der Waals surface area contributed by atoms with E-state index in [4.69, 9.17) is 9.47 Å². The van der Waals surface area contributed by atoms with Gasteiger partial charge in [0, 0.05) is 19.2 Å². The third-order valence-corrected chi connectivity index (χ3v) is 2.70. The van der Waals surface area contributed by atoms with Gasteiger partial charge in [-0.2, -0.15) is 0 Å². The molecule has 6 heteroatoms. The summed E-state index contributed by atoms with van der Waals surface area (Å²) in [6, 6.07) is 5.06. The number of hydrogen-bond donors (Lipinski definition) is 1. The maximum atomic E-state index is 10.8. The zero-order chi connectivity index (χ0) is 13.5. The van der Waals surface area contributed by atoms with Gasteiger partial charge in [-0.1, -0.05) is 6.07 Å². The molecule has 1 aromatic carbocycles. The number of benzene rings is 1. The van der Waals surface area contributed by atoms with Gasteiger partial charge in [-0.25, -0.2) is 0 Å². The second-order valence-corrected chi connectivity index (χ2v) is 3.91. The van der Waals surface area contributed by atoms with E-state index in [1.54, 1.807) is 19.2 Å². The fraction of sp³-hybridized carbons (Fsp3) is 0.500. The zero-order valence-corrected chi connectivity index (χ0v) is 10.8. The predicted octanol–water partition coefficient (Wildman–Crippen LogP) is 1.38. The highest BCUT2D eigenvalue weighted by atomic mass is 16.6. The van der Waals surface area contributed by atoms with Crippen molar-refractivity contribution in [3.63, 3.8) is 0 Å². The number of nitrogens with zero attached hydrogens (tertiary/aromatic N) is 1. The summed E-state index contributed by atoms with van der Waals surface area (Å²) >= 11 is 0. The predicted molar refractivity (Wildman–Crippen MR) is 68.1 cm³/mol. The normalized spacial score (nSPS) is 12.2. The molecule has 18 heavy (non-hydrogen) atoms. The molecule has 0 aliphatic heterocycles. The molecule has 100 valence electrons. The first-order chi connectivity index (χ1) is 8.62. The lowest BCUT2D eigenvalue weighted by Gasteiger charge is -2.15. The van der Waals surface area contributed by atoms with Gasteiger partial charge >= 0.3 is 5.69 Å². The Morgan fingerprint density at radius 2 is 2.17 bits per heavy atom. The molecule has 1 N–H and O–H groups in total. The van der Waals surface area contributed by atoms with Gasteiger partial charge in [-0.05, 0) is 25.1 Å². The van der Waals surface area contributed by atoms with Crippen molar-refractivity contribution in [3.05, 3.63) is 33.9 Å². The maximum Gasteiger partial charge on any atom is 0.310 e. The van der Waals surface area contributed by atoms with Crippen LogP contribution in [-0.4, -0.2) is 38.8 Å².